The first-order valence-corrected chi connectivity index (χ1v) is 2.25. The molecule has 0 saturated carbocycles. The summed E-state index contributed by atoms with van der Waals surface area (Å²) in [5.74, 6) is 0. The summed E-state index contributed by atoms with van der Waals surface area (Å²) < 4.78 is 4.54. The molecule has 0 aliphatic carbocycles. The Morgan fingerprint density at radius 1 is 1.56 bits per heavy atom. The summed E-state index contributed by atoms with van der Waals surface area (Å²) in [6, 6.07) is 0. The van der Waals surface area contributed by atoms with E-state index in [4.69, 9.17) is 0 Å². The second-order valence-corrected chi connectivity index (χ2v) is 1.37. The Hall–Kier alpha value is -0.210. The number of ether oxygens (including phenoxy) is 1. The zero-order valence-electron chi connectivity index (χ0n) is 4.52. The zero-order chi connectivity index (χ0) is 5.70. The van der Waals surface area contributed by atoms with Crippen LogP contribution < -0.4 is 5.11 Å². The van der Waals surface area contributed by atoms with E-state index < -0.39 is 6.10 Å². The molecule has 0 spiro atoms. The Bertz CT molecular complexity index is 37.9. The van der Waals surface area contributed by atoms with Crippen molar-refractivity contribution in [3.05, 3.63) is 6.92 Å². The number of hydrogen-bond acceptors (Lipinski definition) is 2. The number of hydrogen-bond donors (Lipinski definition) is 0. The fraction of sp³-hybridized carbons (Fsp3) is 0.857. The van der Waals surface area contributed by atoms with E-state index in [1.54, 1.807) is 0 Å². The lowest BCUT2D eigenvalue weighted by molar-refractivity contribution is -0.425. The van der Waals surface area contributed by atoms with Gasteiger partial charge < -0.3 is 9.84 Å². The molecular weight excluding hydrogens is 116 g/mol. The van der Waals surface area contributed by atoms with E-state index in [0.29, 0.717) is 6.42 Å². The van der Waals surface area contributed by atoms with Crippen molar-refractivity contribution in [3.8, 4) is 0 Å². The molecule has 0 aliphatic rings. The van der Waals surface area contributed by atoms with Gasteiger partial charge in [0.1, 0.15) is 0 Å². The van der Waals surface area contributed by atoms with Crippen LogP contribution in [0.5, 0.6) is 0 Å². The third kappa shape index (κ3) is 11.4. The molecule has 1 unspecified atom stereocenters. The largest absolute Gasteiger partial charge is 0.847 e. The molecule has 0 aromatic carbocycles. The molecule has 2 heteroatoms. The minimum atomic E-state index is -0.634. The molecule has 58 valence electrons. The lowest BCUT2D eigenvalue weighted by atomic mass is 10.3. The van der Waals surface area contributed by atoms with E-state index in [9.17, 15) is 5.11 Å². The second kappa shape index (κ2) is 10.7. The Kier molecular flexibility index (Phi) is 18.9. The van der Waals surface area contributed by atoms with Gasteiger partial charge in [0, 0.05) is 13.7 Å². The predicted molar refractivity (Wildman–Crippen MR) is 39.1 cm³/mol. The average Bonchev–Trinajstić information content (AvgIpc) is 1.68. The molecule has 0 radical (unpaired) electrons. The molecule has 0 amide bonds. The monoisotopic (exact) mass is 134 g/mol. The zero-order valence-corrected chi connectivity index (χ0v) is 4.52. The van der Waals surface area contributed by atoms with Crippen LogP contribution in [0.3, 0.4) is 0 Å². The average molecular weight is 134 g/mol. The van der Waals surface area contributed by atoms with Crippen molar-refractivity contribution in [3.63, 3.8) is 0 Å². The highest BCUT2D eigenvalue weighted by atomic mass is 16.5. The van der Waals surface area contributed by atoms with Crippen LogP contribution >= 0.6 is 0 Å². The number of methoxy groups -OCH3 is 1. The Balaban J connectivity index is -0.000000180. The summed E-state index contributed by atoms with van der Waals surface area (Å²) in [7, 11) is 1.51. The predicted octanol–water partition coefficient (Wildman–Crippen LogP) is 0.858. The van der Waals surface area contributed by atoms with Crippen LogP contribution in [-0.4, -0.2) is 19.8 Å². The summed E-state index contributed by atoms with van der Waals surface area (Å²) in [5, 5.41) is 10.3. The standard InChI is InChI=1S/C5H10O2.2CH4/c1-3-5(6)4-7-2;;/h5H,1,3-4H2,2H3;2*1H4. The summed E-state index contributed by atoms with van der Waals surface area (Å²) in [5.41, 5.74) is 0. The van der Waals surface area contributed by atoms with Gasteiger partial charge in [0.15, 0.2) is 0 Å². The van der Waals surface area contributed by atoms with Crippen molar-refractivity contribution in [2.45, 2.75) is 27.4 Å². The molecule has 9 heavy (non-hydrogen) atoms. The maximum absolute atomic E-state index is 10.3. The Morgan fingerprint density at radius 2 is 2.00 bits per heavy atom. The van der Waals surface area contributed by atoms with E-state index in [-0.39, 0.29) is 21.5 Å². The van der Waals surface area contributed by atoms with Crippen LogP contribution in [-0.2, 0) is 4.74 Å². The van der Waals surface area contributed by atoms with Gasteiger partial charge in [-0.2, -0.15) is 0 Å². The lowest BCUT2D eigenvalue weighted by Crippen LogP contribution is -2.28. The van der Waals surface area contributed by atoms with Crippen LogP contribution in [0.1, 0.15) is 21.3 Å². The van der Waals surface area contributed by atoms with Crippen molar-refractivity contribution < 1.29 is 9.84 Å². The van der Waals surface area contributed by atoms with Gasteiger partial charge in [-0.3, -0.25) is 0 Å². The van der Waals surface area contributed by atoms with Gasteiger partial charge in [-0.25, -0.2) is 0 Å². The summed E-state index contributed by atoms with van der Waals surface area (Å²) in [4.78, 5) is 0. The molecule has 0 aliphatic heterocycles. The summed E-state index contributed by atoms with van der Waals surface area (Å²) in [6.45, 7) is 3.69. The van der Waals surface area contributed by atoms with Gasteiger partial charge >= 0.3 is 0 Å². The van der Waals surface area contributed by atoms with Crippen LogP contribution in [0.25, 0.3) is 0 Å². The van der Waals surface area contributed by atoms with Crippen LogP contribution in [0.4, 0.5) is 0 Å². The minimum Gasteiger partial charge on any atom is -0.847 e. The fourth-order valence-corrected chi connectivity index (χ4v) is 0.269. The van der Waals surface area contributed by atoms with Gasteiger partial charge in [0.2, 0.25) is 0 Å². The molecule has 0 rings (SSSR count). The second-order valence-electron chi connectivity index (χ2n) is 1.37. The topological polar surface area (TPSA) is 32.3 Å². The molecule has 2 nitrogen and oxygen atoms in total. The maximum atomic E-state index is 10.3. The Morgan fingerprint density at radius 3 is 2.11 bits per heavy atom. The van der Waals surface area contributed by atoms with E-state index in [1.165, 1.54) is 7.11 Å². The van der Waals surface area contributed by atoms with Crippen molar-refractivity contribution in [2.75, 3.05) is 13.7 Å². The first-order chi connectivity index (χ1) is 3.31. The summed E-state index contributed by atoms with van der Waals surface area (Å²) >= 11 is 0. The van der Waals surface area contributed by atoms with Gasteiger partial charge in [-0.05, 0) is 0 Å². The highest BCUT2D eigenvalue weighted by molar-refractivity contribution is 4.50. The molecule has 0 aromatic rings. The highest BCUT2D eigenvalue weighted by Gasteiger charge is 1.89. The van der Waals surface area contributed by atoms with E-state index in [2.05, 4.69) is 11.7 Å². The third-order valence-electron chi connectivity index (χ3n) is 0.675. The van der Waals surface area contributed by atoms with Gasteiger partial charge in [-0.15, -0.1) is 0 Å². The summed E-state index contributed by atoms with van der Waals surface area (Å²) in [6.07, 6.45) is -0.224. The van der Waals surface area contributed by atoms with Crippen LogP contribution in [0.2, 0.25) is 0 Å². The van der Waals surface area contributed by atoms with E-state index in [1.807, 2.05) is 0 Å². The van der Waals surface area contributed by atoms with E-state index in [0.717, 1.165) is 0 Å². The maximum Gasteiger partial charge on any atom is 0.0748 e. The van der Waals surface area contributed by atoms with Gasteiger partial charge in [-0.1, -0.05) is 21.0 Å². The van der Waals surface area contributed by atoms with Crippen LogP contribution in [0, 0.1) is 6.92 Å². The fourth-order valence-electron chi connectivity index (χ4n) is 0.269. The molecule has 0 fully saturated rings. The van der Waals surface area contributed by atoms with Crippen molar-refractivity contribution >= 4 is 0 Å². The molecule has 0 saturated heterocycles. The van der Waals surface area contributed by atoms with Crippen molar-refractivity contribution in [2.24, 2.45) is 0 Å². The number of rotatable bonds is 3. The first kappa shape index (κ1) is 15.9. The molecular formula is C7H18O2. The molecule has 0 N–H and O–H groups in total. The van der Waals surface area contributed by atoms with E-state index >= 15 is 0 Å². The van der Waals surface area contributed by atoms with Crippen molar-refractivity contribution in [1.82, 2.24) is 0 Å². The normalized spacial score (nSPS) is 10.9. The smallest absolute Gasteiger partial charge is 0.0748 e. The third-order valence-corrected chi connectivity index (χ3v) is 0.675. The lowest BCUT2D eigenvalue weighted by Gasteiger charge is -2.13. The molecule has 1 atom stereocenters. The minimum absolute atomic E-state index is 0. The van der Waals surface area contributed by atoms with Gasteiger partial charge in [0.25, 0.3) is 0 Å². The first-order valence-electron chi connectivity index (χ1n) is 2.25. The quantitative estimate of drug-likeness (QED) is 0.536. The van der Waals surface area contributed by atoms with Crippen LogP contribution in [0.15, 0.2) is 0 Å². The highest BCUT2D eigenvalue weighted by Crippen LogP contribution is 1.82. The molecule has 0 bridgehead atoms. The molecule has 0 aromatic heterocycles. The van der Waals surface area contributed by atoms with Crippen molar-refractivity contribution in [1.29, 1.82) is 0 Å². The van der Waals surface area contributed by atoms with Gasteiger partial charge in [0.05, 0.1) is 13.3 Å². The Labute approximate surface area is 58.8 Å². The molecule has 0 heterocycles. The SMILES string of the molecule is C.C.[CH2+]CC([O-])COC.